The van der Waals surface area contributed by atoms with Crippen molar-refractivity contribution >= 4 is 23.3 Å². The van der Waals surface area contributed by atoms with Crippen LogP contribution in [0, 0.1) is 0 Å². The van der Waals surface area contributed by atoms with Gasteiger partial charge in [-0.05, 0) is 42.0 Å². The van der Waals surface area contributed by atoms with Crippen LogP contribution in [0.4, 0.5) is 17.1 Å². The van der Waals surface area contributed by atoms with Crippen LogP contribution in [0.15, 0.2) is 84.9 Å². The van der Waals surface area contributed by atoms with Crippen molar-refractivity contribution in [2.45, 2.75) is 6.42 Å². The van der Waals surface area contributed by atoms with Crippen molar-refractivity contribution in [2.75, 3.05) is 4.90 Å². The Kier molecular flexibility index (Phi) is 4.30. The van der Waals surface area contributed by atoms with Crippen molar-refractivity contribution < 1.29 is 4.79 Å². The van der Waals surface area contributed by atoms with E-state index in [1.54, 1.807) is 0 Å². The average molecular weight is 287 g/mol. The summed E-state index contributed by atoms with van der Waals surface area (Å²) in [7, 11) is 0. The number of nitrogens with zero attached hydrogens (tertiary/aromatic N) is 1. The monoisotopic (exact) mass is 287 g/mol. The van der Waals surface area contributed by atoms with E-state index in [2.05, 4.69) is 41.3 Å². The molecule has 0 amide bonds. The lowest BCUT2D eigenvalue weighted by Gasteiger charge is -2.25. The normalized spacial score (nSPS) is 10.2. The summed E-state index contributed by atoms with van der Waals surface area (Å²) in [6.45, 7) is 0. The molecular weight excluding hydrogens is 270 g/mol. The molecule has 0 radical (unpaired) electrons. The first kappa shape index (κ1) is 14.1. The molecular formula is C20H17NO. The SMILES string of the molecule is O=CCc1ccc(N(c2ccccc2)c2ccccc2)cc1. The van der Waals surface area contributed by atoms with Gasteiger partial charge in [0.1, 0.15) is 6.29 Å². The summed E-state index contributed by atoms with van der Waals surface area (Å²) in [5.74, 6) is 0. The topological polar surface area (TPSA) is 20.3 Å². The van der Waals surface area contributed by atoms with Gasteiger partial charge in [-0.1, -0.05) is 48.5 Å². The Morgan fingerprint density at radius 1 is 0.636 bits per heavy atom. The van der Waals surface area contributed by atoms with E-state index in [1.165, 1.54) is 0 Å². The maximum atomic E-state index is 10.6. The summed E-state index contributed by atoms with van der Waals surface area (Å²) in [4.78, 5) is 12.8. The van der Waals surface area contributed by atoms with Gasteiger partial charge >= 0.3 is 0 Å². The zero-order valence-electron chi connectivity index (χ0n) is 12.2. The van der Waals surface area contributed by atoms with Crippen molar-refractivity contribution in [1.82, 2.24) is 0 Å². The van der Waals surface area contributed by atoms with Crippen molar-refractivity contribution in [3.05, 3.63) is 90.5 Å². The van der Waals surface area contributed by atoms with Gasteiger partial charge in [0, 0.05) is 23.5 Å². The molecule has 0 unspecified atom stereocenters. The molecule has 0 spiro atoms. The third-order valence-electron chi connectivity index (χ3n) is 3.54. The Balaban J connectivity index is 2.04. The predicted octanol–water partition coefficient (Wildman–Crippen LogP) is 4.90. The second kappa shape index (κ2) is 6.72. The first-order valence-corrected chi connectivity index (χ1v) is 7.31. The molecule has 0 saturated heterocycles. The first-order chi connectivity index (χ1) is 10.9. The number of benzene rings is 3. The van der Waals surface area contributed by atoms with Gasteiger partial charge < -0.3 is 9.69 Å². The van der Waals surface area contributed by atoms with Crippen LogP contribution in [-0.2, 0) is 11.2 Å². The van der Waals surface area contributed by atoms with E-state index in [4.69, 9.17) is 0 Å². The molecule has 0 aromatic heterocycles. The number of carbonyl (C=O) groups is 1. The number of carbonyl (C=O) groups excluding carboxylic acids is 1. The van der Waals surface area contributed by atoms with Crippen molar-refractivity contribution in [2.24, 2.45) is 0 Å². The van der Waals surface area contributed by atoms with Gasteiger partial charge in [-0.3, -0.25) is 0 Å². The quantitative estimate of drug-likeness (QED) is 0.622. The molecule has 2 nitrogen and oxygen atoms in total. The van der Waals surface area contributed by atoms with Gasteiger partial charge in [-0.15, -0.1) is 0 Å². The highest BCUT2D eigenvalue weighted by atomic mass is 16.1. The van der Waals surface area contributed by atoms with Crippen molar-refractivity contribution in [3.63, 3.8) is 0 Å². The van der Waals surface area contributed by atoms with Crippen molar-refractivity contribution in [1.29, 1.82) is 0 Å². The number of aldehydes is 1. The summed E-state index contributed by atoms with van der Waals surface area (Å²) < 4.78 is 0. The van der Waals surface area contributed by atoms with Crippen LogP contribution in [0.2, 0.25) is 0 Å². The molecule has 22 heavy (non-hydrogen) atoms. The Hall–Kier alpha value is -2.87. The molecule has 0 aliphatic heterocycles. The highest BCUT2D eigenvalue weighted by molar-refractivity contribution is 5.76. The number of rotatable bonds is 5. The summed E-state index contributed by atoms with van der Waals surface area (Å²) in [5, 5.41) is 0. The van der Waals surface area contributed by atoms with E-state index < -0.39 is 0 Å². The fourth-order valence-electron chi connectivity index (χ4n) is 2.48. The number of hydrogen-bond acceptors (Lipinski definition) is 2. The lowest BCUT2D eigenvalue weighted by Crippen LogP contribution is -2.09. The van der Waals surface area contributed by atoms with Crippen LogP contribution in [0.25, 0.3) is 0 Å². The maximum Gasteiger partial charge on any atom is 0.124 e. The second-order valence-corrected chi connectivity index (χ2v) is 5.04. The van der Waals surface area contributed by atoms with Gasteiger partial charge in [0.25, 0.3) is 0 Å². The molecule has 0 bridgehead atoms. The van der Waals surface area contributed by atoms with Crippen LogP contribution < -0.4 is 4.90 Å². The molecule has 0 aliphatic carbocycles. The molecule has 0 fully saturated rings. The van der Waals surface area contributed by atoms with Gasteiger partial charge in [0.15, 0.2) is 0 Å². The molecule has 0 saturated carbocycles. The molecule has 0 N–H and O–H groups in total. The summed E-state index contributed by atoms with van der Waals surface area (Å²) in [5.41, 5.74) is 4.32. The Morgan fingerprint density at radius 3 is 1.55 bits per heavy atom. The maximum absolute atomic E-state index is 10.6. The molecule has 108 valence electrons. The van der Waals surface area contributed by atoms with E-state index in [0.717, 1.165) is 28.9 Å². The number of anilines is 3. The molecule has 0 atom stereocenters. The van der Waals surface area contributed by atoms with E-state index in [9.17, 15) is 4.79 Å². The predicted molar refractivity (Wildman–Crippen MR) is 90.9 cm³/mol. The molecule has 0 aliphatic rings. The van der Waals surface area contributed by atoms with Crippen LogP contribution in [-0.4, -0.2) is 6.29 Å². The lowest BCUT2D eigenvalue weighted by atomic mass is 10.1. The van der Waals surface area contributed by atoms with Gasteiger partial charge in [0.2, 0.25) is 0 Å². The van der Waals surface area contributed by atoms with Crippen molar-refractivity contribution in [3.8, 4) is 0 Å². The minimum atomic E-state index is 0.455. The second-order valence-electron chi connectivity index (χ2n) is 5.04. The fraction of sp³-hybridized carbons (Fsp3) is 0.0500. The molecule has 3 rings (SSSR count). The third kappa shape index (κ3) is 3.07. The van der Waals surface area contributed by atoms with Crippen LogP contribution in [0.5, 0.6) is 0 Å². The number of hydrogen-bond donors (Lipinski definition) is 0. The van der Waals surface area contributed by atoms with Gasteiger partial charge in [0.05, 0.1) is 0 Å². The lowest BCUT2D eigenvalue weighted by molar-refractivity contribution is -0.107. The molecule has 0 heterocycles. The number of para-hydroxylation sites is 2. The summed E-state index contributed by atoms with van der Waals surface area (Å²) >= 11 is 0. The third-order valence-corrected chi connectivity index (χ3v) is 3.54. The highest BCUT2D eigenvalue weighted by Crippen LogP contribution is 2.33. The largest absolute Gasteiger partial charge is 0.311 e. The van der Waals surface area contributed by atoms with Gasteiger partial charge in [-0.2, -0.15) is 0 Å². The molecule has 3 aromatic carbocycles. The van der Waals surface area contributed by atoms with Crippen LogP contribution in [0.3, 0.4) is 0 Å². The Labute approximate surface area is 130 Å². The molecule has 3 aromatic rings. The minimum absolute atomic E-state index is 0.455. The fourth-order valence-corrected chi connectivity index (χ4v) is 2.48. The summed E-state index contributed by atoms with van der Waals surface area (Å²) in [6.07, 6.45) is 1.39. The van der Waals surface area contributed by atoms with Gasteiger partial charge in [-0.25, -0.2) is 0 Å². The first-order valence-electron chi connectivity index (χ1n) is 7.31. The molecule has 2 heteroatoms. The zero-order valence-corrected chi connectivity index (χ0v) is 12.2. The Morgan fingerprint density at radius 2 is 1.09 bits per heavy atom. The zero-order chi connectivity index (χ0) is 15.2. The Bertz CT molecular complexity index is 681. The van der Waals surface area contributed by atoms with E-state index in [0.29, 0.717) is 6.42 Å². The smallest absolute Gasteiger partial charge is 0.124 e. The highest BCUT2D eigenvalue weighted by Gasteiger charge is 2.11. The van der Waals surface area contributed by atoms with Crippen LogP contribution >= 0.6 is 0 Å². The summed E-state index contributed by atoms with van der Waals surface area (Å²) in [6, 6.07) is 28.6. The van der Waals surface area contributed by atoms with E-state index >= 15 is 0 Å². The average Bonchev–Trinajstić information content (AvgIpc) is 2.59. The van der Waals surface area contributed by atoms with Crippen LogP contribution in [0.1, 0.15) is 5.56 Å². The standard InChI is InChI=1S/C20H17NO/c22-16-15-17-11-13-20(14-12-17)21(18-7-3-1-4-8-18)19-9-5-2-6-10-19/h1-14,16H,15H2. The minimum Gasteiger partial charge on any atom is -0.311 e. The van der Waals surface area contributed by atoms with E-state index in [1.807, 2.05) is 48.5 Å². The van der Waals surface area contributed by atoms with E-state index in [-0.39, 0.29) is 0 Å².